The maximum absolute atomic E-state index is 12.4. The van der Waals surface area contributed by atoms with Gasteiger partial charge in [-0.3, -0.25) is 14.9 Å². The summed E-state index contributed by atoms with van der Waals surface area (Å²) >= 11 is 0. The molecular weight excluding hydrogens is 282 g/mol. The fraction of sp³-hybridized carbons (Fsp3) is 0.400. The van der Waals surface area contributed by atoms with Crippen LogP contribution in [0.3, 0.4) is 0 Å². The van der Waals surface area contributed by atoms with Gasteiger partial charge >= 0.3 is 0 Å². The minimum Gasteiger partial charge on any atom is -0.472 e. The quantitative estimate of drug-likeness (QED) is 0.876. The zero-order valence-corrected chi connectivity index (χ0v) is 12.2. The minimum absolute atomic E-state index is 0.0584. The van der Waals surface area contributed by atoms with Gasteiger partial charge in [-0.05, 0) is 30.5 Å². The molecule has 2 aromatic rings. The standard InChI is InChI=1S/C15H19N5O2/c16-12-2-1-7-20(9-12)15(21)13-8-14(19-18-13)22-10-11-3-5-17-6-4-11/h3-6,8,12H,1-2,7,9-10,16H2,(H,18,19)/t12-/m1/s1. The van der Waals surface area contributed by atoms with Crippen molar-refractivity contribution in [2.45, 2.75) is 25.5 Å². The lowest BCUT2D eigenvalue weighted by atomic mass is 10.1. The zero-order valence-electron chi connectivity index (χ0n) is 12.2. The van der Waals surface area contributed by atoms with Crippen molar-refractivity contribution in [1.82, 2.24) is 20.1 Å². The lowest BCUT2D eigenvalue weighted by molar-refractivity contribution is 0.0702. The fourth-order valence-corrected chi connectivity index (χ4v) is 2.49. The summed E-state index contributed by atoms with van der Waals surface area (Å²) in [6.07, 6.45) is 5.31. The van der Waals surface area contributed by atoms with Crippen LogP contribution in [-0.4, -0.2) is 45.1 Å². The number of aromatic nitrogens is 3. The second-order valence-electron chi connectivity index (χ2n) is 5.42. The third-order valence-electron chi connectivity index (χ3n) is 3.67. The first-order chi connectivity index (χ1) is 10.7. The van der Waals surface area contributed by atoms with Crippen LogP contribution in [0.1, 0.15) is 28.9 Å². The molecule has 1 atom stereocenters. The summed E-state index contributed by atoms with van der Waals surface area (Å²) in [6, 6.07) is 5.42. The maximum atomic E-state index is 12.4. The lowest BCUT2D eigenvalue weighted by Gasteiger charge is -2.30. The highest BCUT2D eigenvalue weighted by atomic mass is 16.5. The molecule has 3 heterocycles. The monoisotopic (exact) mass is 301 g/mol. The summed E-state index contributed by atoms with van der Waals surface area (Å²) in [4.78, 5) is 18.1. The second-order valence-corrected chi connectivity index (χ2v) is 5.42. The number of rotatable bonds is 4. The van der Waals surface area contributed by atoms with Gasteiger partial charge in [-0.2, -0.15) is 0 Å². The van der Waals surface area contributed by atoms with E-state index in [1.807, 2.05) is 12.1 Å². The van der Waals surface area contributed by atoms with Crippen molar-refractivity contribution < 1.29 is 9.53 Å². The average Bonchev–Trinajstić information content (AvgIpc) is 3.02. The Morgan fingerprint density at radius 1 is 1.45 bits per heavy atom. The molecule has 2 aromatic heterocycles. The largest absolute Gasteiger partial charge is 0.472 e. The number of pyridine rings is 1. The fourth-order valence-electron chi connectivity index (χ4n) is 2.49. The van der Waals surface area contributed by atoms with Crippen LogP contribution in [0, 0.1) is 0 Å². The van der Waals surface area contributed by atoms with E-state index in [-0.39, 0.29) is 11.9 Å². The van der Waals surface area contributed by atoms with Crippen molar-refractivity contribution in [3.8, 4) is 5.88 Å². The molecule has 116 valence electrons. The number of likely N-dealkylation sites (tertiary alicyclic amines) is 1. The highest BCUT2D eigenvalue weighted by molar-refractivity contribution is 5.92. The van der Waals surface area contributed by atoms with E-state index >= 15 is 0 Å². The van der Waals surface area contributed by atoms with E-state index in [1.165, 1.54) is 0 Å². The van der Waals surface area contributed by atoms with Gasteiger partial charge in [-0.1, -0.05) is 0 Å². The summed E-state index contributed by atoms with van der Waals surface area (Å²) in [7, 11) is 0. The molecule has 1 aliphatic heterocycles. The molecule has 0 saturated carbocycles. The summed E-state index contributed by atoms with van der Waals surface area (Å²) < 4.78 is 5.57. The van der Waals surface area contributed by atoms with Crippen molar-refractivity contribution in [1.29, 1.82) is 0 Å². The summed E-state index contributed by atoms with van der Waals surface area (Å²) in [5.74, 6) is 0.322. The van der Waals surface area contributed by atoms with Crippen molar-refractivity contribution in [2.75, 3.05) is 13.1 Å². The molecule has 0 aromatic carbocycles. The van der Waals surface area contributed by atoms with E-state index in [1.54, 1.807) is 23.4 Å². The van der Waals surface area contributed by atoms with E-state index in [9.17, 15) is 4.79 Å². The number of piperidine rings is 1. The number of carbonyl (C=O) groups is 1. The van der Waals surface area contributed by atoms with E-state index in [0.29, 0.717) is 24.7 Å². The molecule has 1 saturated heterocycles. The number of hydrogen-bond donors (Lipinski definition) is 2. The average molecular weight is 301 g/mol. The SMILES string of the molecule is N[C@@H]1CCCN(C(=O)c2cc(OCc3ccncc3)n[nH]2)C1. The molecule has 7 heteroatoms. The Morgan fingerprint density at radius 2 is 2.27 bits per heavy atom. The number of ether oxygens (including phenoxy) is 1. The third-order valence-corrected chi connectivity index (χ3v) is 3.67. The molecule has 1 amide bonds. The number of nitrogens with two attached hydrogens (primary N) is 1. The first-order valence-electron chi connectivity index (χ1n) is 7.34. The van der Waals surface area contributed by atoms with Gasteiger partial charge in [0.1, 0.15) is 12.3 Å². The molecule has 22 heavy (non-hydrogen) atoms. The molecule has 7 nitrogen and oxygen atoms in total. The lowest BCUT2D eigenvalue weighted by Crippen LogP contribution is -2.45. The zero-order chi connectivity index (χ0) is 15.4. The molecule has 0 unspecified atom stereocenters. The number of nitrogens with one attached hydrogen (secondary N) is 1. The van der Waals surface area contributed by atoms with Crippen LogP contribution >= 0.6 is 0 Å². The Balaban J connectivity index is 1.59. The van der Waals surface area contributed by atoms with Gasteiger partial charge in [0.15, 0.2) is 0 Å². The third kappa shape index (κ3) is 3.43. The summed E-state index contributed by atoms with van der Waals surface area (Å²) in [6.45, 7) is 1.71. The van der Waals surface area contributed by atoms with E-state index < -0.39 is 0 Å². The molecule has 0 bridgehead atoms. The maximum Gasteiger partial charge on any atom is 0.272 e. The van der Waals surface area contributed by atoms with Crippen molar-refractivity contribution >= 4 is 5.91 Å². The van der Waals surface area contributed by atoms with Gasteiger partial charge in [0.05, 0.1) is 0 Å². The van der Waals surface area contributed by atoms with Crippen LogP contribution < -0.4 is 10.5 Å². The van der Waals surface area contributed by atoms with Crippen molar-refractivity contribution in [3.63, 3.8) is 0 Å². The van der Waals surface area contributed by atoms with Gasteiger partial charge in [0, 0.05) is 37.6 Å². The van der Waals surface area contributed by atoms with E-state index in [4.69, 9.17) is 10.5 Å². The topological polar surface area (TPSA) is 97.1 Å². The Hall–Kier alpha value is -2.41. The van der Waals surface area contributed by atoms with Gasteiger partial charge in [0.2, 0.25) is 5.88 Å². The van der Waals surface area contributed by atoms with Crippen molar-refractivity contribution in [3.05, 3.63) is 41.9 Å². The summed E-state index contributed by atoms with van der Waals surface area (Å²) in [5, 5.41) is 6.76. The van der Waals surface area contributed by atoms with E-state index in [2.05, 4.69) is 15.2 Å². The van der Waals surface area contributed by atoms with Crippen molar-refractivity contribution in [2.24, 2.45) is 5.73 Å². The number of carbonyl (C=O) groups excluding carboxylic acids is 1. The van der Waals surface area contributed by atoms with Gasteiger partial charge in [-0.25, -0.2) is 0 Å². The Labute approximate surface area is 128 Å². The smallest absolute Gasteiger partial charge is 0.272 e. The predicted octanol–water partition coefficient (Wildman–Crippen LogP) is 0.947. The number of hydrogen-bond acceptors (Lipinski definition) is 5. The number of H-pyrrole nitrogens is 1. The normalized spacial score (nSPS) is 18.2. The summed E-state index contributed by atoms with van der Waals surface area (Å²) in [5.41, 5.74) is 7.33. The first kappa shape index (κ1) is 14.5. The molecule has 0 aliphatic carbocycles. The first-order valence-corrected chi connectivity index (χ1v) is 7.34. The van der Waals surface area contributed by atoms with Crippen LogP contribution in [0.25, 0.3) is 0 Å². The van der Waals surface area contributed by atoms with Crippen LogP contribution in [0.15, 0.2) is 30.6 Å². The van der Waals surface area contributed by atoms with Gasteiger partial charge in [0.25, 0.3) is 5.91 Å². The molecule has 3 N–H and O–H groups in total. The number of aromatic amines is 1. The number of nitrogens with zero attached hydrogens (tertiary/aromatic N) is 3. The molecule has 1 aliphatic rings. The highest BCUT2D eigenvalue weighted by Gasteiger charge is 2.23. The predicted molar refractivity (Wildman–Crippen MR) is 80.3 cm³/mol. The van der Waals surface area contributed by atoms with Crippen LogP contribution in [0.4, 0.5) is 0 Å². The Kier molecular flexibility index (Phi) is 4.34. The molecular formula is C15H19N5O2. The minimum atomic E-state index is -0.0820. The van der Waals surface area contributed by atoms with Gasteiger partial charge < -0.3 is 15.4 Å². The molecule has 3 rings (SSSR count). The molecule has 1 fully saturated rings. The molecule has 0 spiro atoms. The van der Waals surface area contributed by atoms with Crippen LogP contribution in [0.2, 0.25) is 0 Å². The van der Waals surface area contributed by atoms with Gasteiger partial charge in [-0.15, -0.1) is 5.10 Å². The van der Waals surface area contributed by atoms with Crippen LogP contribution in [-0.2, 0) is 6.61 Å². The number of amides is 1. The Bertz CT molecular complexity index is 628. The second kappa shape index (κ2) is 6.57. The van der Waals surface area contributed by atoms with Crippen LogP contribution in [0.5, 0.6) is 5.88 Å². The van der Waals surface area contributed by atoms with E-state index in [0.717, 1.165) is 24.9 Å². The Morgan fingerprint density at radius 3 is 3.05 bits per heavy atom. The highest BCUT2D eigenvalue weighted by Crippen LogP contribution is 2.15. The molecule has 0 radical (unpaired) electrons.